The van der Waals surface area contributed by atoms with Gasteiger partial charge in [-0.05, 0) is 28.4 Å². The number of hydrogen-bond acceptors (Lipinski definition) is 5. The van der Waals surface area contributed by atoms with Crippen molar-refractivity contribution in [2.45, 2.75) is 11.9 Å². The average Bonchev–Trinajstić information content (AvgIpc) is 2.16. The summed E-state index contributed by atoms with van der Waals surface area (Å²) in [5.74, 6) is 0.642. The van der Waals surface area contributed by atoms with E-state index in [1.807, 2.05) is 6.92 Å². The third-order valence-electron chi connectivity index (χ3n) is 1.96. The van der Waals surface area contributed by atoms with Crippen molar-refractivity contribution >= 4 is 43.2 Å². The summed E-state index contributed by atoms with van der Waals surface area (Å²) in [4.78, 5) is 4.15. The Morgan fingerprint density at radius 3 is 2.75 bits per heavy atom. The van der Waals surface area contributed by atoms with Crippen LogP contribution in [0.1, 0.15) is 5.56 Å². The first kappa shape index (κ1) is 13.8. The van der Waals surface area contributed by atoms with E-state index in [0.717, 1.165) is 15.1 Å². The molecule has 1 rings (SSSR count). The molecule has 0 aliphatic heterocycles. The number of thioether (sulfide) groups is 1. The molecule has 0 atom stereocenters. The van der Waals surface area contributed by atoms with E-state index in [-0.39, 0.29) is 5.75 Å². The molecular formula is C9H13BrN2O2S2. The molecule has 0 aliphatic rings. The molecule has 0 fully saturated rings. The van der Waals surface area contributed by atoms with E-state index in [9.17, 15) is 8.42 Å². The van der Waals surface area contributed by atoms with E-state index in [0.29, 0.717) is 11.4 Å². The van der Waals surface area contributed by atoms with Crippen molar-refractivity contribution in [3.63, 3.8) is 0 Å². The van der Waals surface area contributed by atoms with E-state index < -0.39 is 9.84 Å². The van der Waals surface area contributed by atoms with E-state index in [2.05, 4.69) is 20.9 Å². The van der Waals surface area contributed by atoms with Crippen molar-refractivity contribution in [2.24, 2.45) is 0 Å². The van der Waals surface area contributed by atoms with Crippen LogP contribution in [0.2, 0.25) is 0 Å². The fraction of sp³-hybridized carbons (Fsp3) is 0.444. The lowest BCUT2D eigenvalue weighted by atomic mass is 10.3. The molecule has 0 saturated carbocycles. The molecule has 16 heavy (non-hydrogen) atoms. The molecule has 7 heteroatoms. The van der Waals surface area contributed by atoms with Gasteiger partial charge in [-0.25, -0.2) is 13.4 Å². The first-order valence-corrected chi connectivity index (χ1v) is 8.36. The Hall–Kier alpha value is -0.270. The van der Waals surface area contributed by atoms with Gasteiger partial charge in [0.25, 0.3) is 0 Å². The number of hydrogen-bond donors (Lipinski definition) is 1. The average molecular weight is 325 g/mol. The van der Waals surface area contributed by atoms with Crippen LogP contribution in [0, 0.1) is 6.92 Å². The van der Waals surface area contributed by atoms with Gasteiger partial charge >= 0.3 is 0 Å². The van der Waals surface area contributed by atoms with Crippen LogP contribution >= 0.6 is 27.7 Å². The smallest absolute Gasteiger partial charge is 0.148 e. The van der Waals surface area contributed by atoms with Crippen LogP contribution < -0.4 is 5.73 Å². The van der Waals surface area contributed by atoms with Crippen LogP contribution in [0.5, 0.6) is 0 Å². The Morgan fingerprint density at radius 1 is 1.56 bits per heavy atom. The number of nitrogen functional groups attached to an aromatic ring is 1. The van der Waals surface area contributed by atoms with Crippen LogP contribution in [0.15, 0.2) is 15.7 Å². The van der Waals surface area contributed by atoms with Crippen molar-refractivity contribution in [1.29, 1.82) is 0 Å². The van der Waals surface area contributed by atoms with Gasteiger partial charge in [-0.3, -0.25) is 0 Å². The van der Waals surface area contributed by atoms with E-state index in [1.165, 1.54) is 18.0 Å². The quantitative estimate of drug-likeness (QED) is 0.856. The monoisotopic (exact) mass is 324 g/mol. The fourth-order valence-electron chi connectivity index (χ4n) is 0.959. The molecule has 0 amide bonds. The van der Waals surface area contributed by atoms with Gasteiger partial charge in [0, 0.05) is 12.0 Å². The number of sulfone groups is 1. The molecule has 0 aromatic carbocycles. The molecule has 1 heterocycles. The highest BCUT2D eigenvalue weighted by molar-refractivity contribution is 9.10. The molecule has 0 spiro atoms. The first-order chi connectivity index (χ1) is 7.31. The van der Waals surface area contributed by atoms with E-state index in [1.54, 1.807) is 6.20 Å². The molecule has 4 nitrogen and oxygen atoms in total. The normalized spacial score (nSPS) is 11.7. The van der Waals surface area contributed by atoms with Gasteiger partial charge in [0.2, 0.25) is 0 Å². The summed E-state index contributed by atoms with van der Waals surface area (Å²) >= 11 is 4.80. The fourth-order valence-corrected chi connectivity index (χ4v) is 3.78. The highest BCUT2D eigenvalue weighted by Gasteiger charge is 2.09. The zero-order valence-corrected chi connectivity index (χ0v) is 12.2. The molecule has 0 bridgehead atoms. The van der Waals surface area contributed by atoms with Crippen molar-refractivity contribution in [2.75, 3.05) is 23.5 Å². The SMILES string of the molecule is Cc1c(N)cnc(SCCS(C)(=O)=O)c1Br. The number of nitrogens with two attached hydrogens (primary N) is 1. The lowest BCUT2D eigenvalue weighted by Crippen LogP contribution is -2.05. The second kappa shape index (κ2) is 5.37. The van der Waals surface area contributed by atoms with Gasteiger partial charge < -0.3 is 5.73 Å². The second-order valence-corrected chi connectivity index (χ2v) is 7.57. The summed E-state index contributed by atoms with van der Waals surface area (Å²) in [7, 11) is -2.91. The maximum absolute atomic E-state index is 11.0. The largest absolute Gasteiger partial charge is 0.397 e. The molecule has 0 saturated heterocycles. The lowest BCUT2D eigenvalue weighted by molar-refractivity contribution is 0.603. The van der Waals surface area contributed by atoms with Gasteiger partial charge in [0.05, 0.1) is 22.1 Å². The molecule has 90 valence electrons. The minimum absolute atomic E-state index is 0.148. The topological polar surface area (TPSA) is 73.0 Å². The van der Waals surface area contributed by atoms with Gasteiger partial charge in [-0.15, -0.1) is 11.8 Å². The van der Waals surface area contributed by atoms with Crippen molar-refractivity contribution < 1.29 is 8.42 Å². The zero-order chi connectivity index (χ0) is 12.3. The van der Waals surface area contributed by atoms with E-state index in [4.69, 9.17) is 5.73 Å². The number of aromatic nitrogens is 1. The molecule has 1 aromatic rings. The zero-order valence-electron chi connectivity index (χ0n) is 9.03. The molecule has 0 aliphatic carbocycles. The van der Waals surface area contributed by atoms with Crippen molar-refractivity contribution in [3.8, 4) is 0 Å². The Morgan fingerprint density at radius 2 is 2.19 bits per heavy atom. The van der Waals surface area contributed by atoms with Crippen LogP contribution in [0.3, 0.4) is 0 Å². The molecule has 2 N–H and O–H groups in total. The third kappa shape index (κ3) is 3.95. The van der Waals surface area contributed by atoms with Crippen LogP contribution in [0.25, 0.3) is 0 Å². The predicted molar refractivity (Wildman–Crippen MR) is 71.5 cm³/mol. The summed E-state index contributed by atoms with van der Waals surface area (Å²) in [6, 6.07) is 0. The minimum atomic E-state index is -2.91. The number of anilines is 1. The molecule has 0 unspecified atom stereocenters. The van der Waals surface area contributed by atoms with Crippen LogP contribution in [0.4, 0.5) is 5.69 Å². The summed E-state index contributed by atoms with van der Waals surface area (Å²) < 4.78 is 22.8. The van der Waals surface area contributed by atoms with Crippen LogP contribution in [-0.2, 0) is 9.84 Å². The number of nitrogens with zero attached hydrogens (tertiary/aromatic N) is 1. The molecular weight excluding hydrogens is 312 g/mol. The highest BCUT2D eigenvalue weighted by Crippen LogP contribution is 2.30. The third-order valence-corrected chi connectivity index (χ3v) is 5.39. The Balaban J connectivity index is 2.72. The number of halogens is 1. The summed E-state index contributed by atoms with van der Waals surface area (Å²) in [5.41, 5.74) is 7.24. The van der Waals surface area contributed by atoms with Gasteiger partial charge in [0.15, 0.2) is 0 Å². The van der Waals surface area contributed by atoms with Gasteiger partial charge in [0.1, 0.15) is 14.9 Å². The lowest BCUT2D eigenvalue weighted by Gasteiger charge is -2.07. The van der Waals surface area contributed by atoms with Crippen molar-refractivity contribution in [3.05, 3.63) is 16.2 Å². The predicted octanol–water partition coefficient (Wildman–Crippen LogP) is 1.87. The summed E-state index contributed by atoms with van der Waals surface area (Å²) in [6.45, 7) is 1.89. The summed E-state index contributed by atoms with van der Waals surface area (Å²) in [6.07, 6.45) is 2.81. The number of rotatable bonds is 4. The Kier molecular flexibility index (Phi) is 4.63. The van der Waals surface area contributed by atoms with Crippen molar-refractivity contribution in [1.82, 2.24) is 4.98 Å². The van der Waals surface area contributed by atoms with E-state index >= 15 is 0 Å². The molecule has 1 aromatic heterocycles. The second-order valence-electron chi connectivity index (χ2n) is 3.44. The highest BCUT2D eigenvalue weighted by atomic mass is 79.9. The standard InChI is InChI=1S/C9H13BrN2O2S2/c1-6-7(11)5-12-9(8(6)10)15-3-4-16(2,13)14/h5H,3-4,11H2,1-2H3. The summed E-state index contributed by atoms with van der Waals surface area (Å²) in [5, 5.41) is 0.773. The Bertz CT molecular complexity index is 489. The van der Waals surface area contributed by atoms with Crippen LogP contribution in [-0.4, -0.2) is 31.2 Å². The Labute approximate surface area is 108 Å². The first-order valence-electron chi connectivity index (χ1n) is 4.52. The maximum Gasteiger partial charge on any atom is 0.148 e. The van der Waals surface area contributed by atoms with Gasteiger partial charge in [-0.1, -0.05) is 0 Å². The number of pyridine rings is 1. The van der Waals surface area contributed by atoms with Gasteiger partial charge in [-0.2, -0.15) is 0 Å². The minimum Gasteiger partial charge on any atom is -0.397 e. The maximum atomic E-state index is 11.0. The molecule has 0 radical (unpaired) electrons.